The van der Waals surface area contributed by atoms with Gasteiger partial charge < -0.3 is 10.5 Å². The Morgan fingerprint density at radius 1 is 1.32 bits per heavy atom. The highest BCUT2D eigenvalue weighted by atomic mass is 32.2. The average molecular weight is 529 g/mol. The van der Waals surface area contributed by atoms with Crippen molar-refractivity contribution in [3.63, 3.8) is 0 Å². The molecule has 12 heteroatoms. The zero-order chi connectivity index (χ0) is 26.7. The maximum absolute atomic E-state index is 9.62. The summed E-state index contributed by atoms with van der Waals surface area (Å²) in [6.07, 6.45) is 11.6. The molecule has 0 saturated carbocycles. The van der Waals surface area contributed by atoms with E-state index in [2.05, 4.69) is 38.3 Å². The van der Waals surface area contributed by atoms with Crippen LogP contribution in [0.1, 0.15) is 30.2 Å². The standard InChI is InChI=1S/C26H28N10OS/c1-26(6-7-35(17-26)14-18-4-5-24(37-3)29-11-18)38-31-13-20(9-27)22-8-19(21-12-30-34(2)15-21)16-36-25(22)23(10-28)32-33-36/h4-5,8-9,11-13,15-16H,6-7,14,17,27H2,1-3H3. The van der Waals surface area contributed by atoms with E-state index in [1.54, 1.807) is 40.7 Å². The first-order valence-corrected chi connectivity index (χ1v) is 12.8. The molecule has 1 aliphatic heterocycles. The van der Waals surface area contributed by atoms with Crippen molar-refractivity contribution < 1.29 is 4.74 Å². The summed E-state index contributed by atoms with van der Waals surface area (Å²) in [5.74, 6) is 0.616. The number of hydrogen-bond donors (Lipinski definition) is 1. The molecule has 11 nitrogen and oxygen atoms in total. The number of allylic oxidation sites excluding steroid dienone is 1. The maximum Gasteiger partial charge on any atom is 0.212 e. The van der Waals surface area contributed by atoms with Crippen LogP contribution >= 0.6 is 11.9 Å². The Kier molecular flexibility index (Phi) is 7.13. The first-order valence-electron chi connectivity index (χ1n) is 12.0. The third-order valence-corrected chi connectivity index (χ3v) is 7.52. The largest absolute Gasteiger partial charge is 0.481 e. The van der Waals surface area contributed by atoms with Gasteiger partial charge in [0.05, 0.1) is 13.3 Å². The van der Waals surface area contributed by atoms with Crippen molar-refractivity contribution in [2.45, 2.75) is 24.6 Å². The van der Waals surface area contributed by atoms with Gasteiger partial charge in [-0.15, -0.1) is 5.10 Å². The summed E-state index contributed by atoms with van der Waals surface area (Å²) in [4.78, 5) is 6.71. The number of ether oxygens (including phenoxy) is 1. The summed E-state index contributed by atoms with van der Waals surface area (Å²) in [7, 11) is 3.48. The van der Waals surface area contributed by atoms with Gasteiger partial charge in [0.15, 0.2) is 5.69 Å². The molecule has 38 heavy (non-hydrogen) atoms. The lowest BCUT2D eigenvalue weighted by molar-refractivity contribution is 0.324. The van der Waals surface area contributed by atoms with Gasteiger partial charge in [-0.05, 0) is 43.5 Å². The van der Waals surface area contributed by atoms with Crippen molar-refractivity contribution in [1.82, 2.24) is 34.5 Å². The lowest BCUT2D eigenvalue weighted by atomic mass is 10.0. The predicted molar refractivity (Wildman–Crippen MR) is 147 cm³/mol. The average Bonchev–Trinajstić information content (AvgIpc) is 3.65. The van der Waals surface area contributed by atoms with Crippen LogP contribution in [0.4, 0.5) is 0 Å². The monoisotopic (exact) mass is 528 g/mol. The number of rotatable bonds is 8. The minimum Gasteiger partial charge on any atom is -0.481 e. The Hall–Kier alpha value is -4.21. The van der Waals surface area contributed by atoms with Crippen LogP contribution in [0.15, 0.2) is 53.6 Å². The predicted octanol–water partition coefficient (Wildman–Crippen LogP) is 3.09. The molecule has 4 aromatic heterocycles. The summed E-state index contributed by atoms with van der Waals surface area (Å²) >= 11 is 1.55. The molecule has 0 aliphatic carbocycles. The molecule has 5 heterocycles. The number of fused-ring (bicyclic) bond motifs is 1. The van der Waals surface area contributed by atoms with Crippen LogP contribution in [0.2, 0.25) is 0 Å². The smallest absolute Gasteiger partial charge is 0.212 e. The Bertz CT molecular complexity index is 1550. The van der Waals surface area contributed by atoms with Gasteiger partial charge in [0.25, 0.3) is 0 Å². The molecule has 2 N–H and O–H groups in total. The summed E-state index contributed by atoms with van der Waals surface area (Å²) in [5.41, 5.74) is 11.2. The molecule has 0 amide bonds. The fourth-order valence-corrected chi connectivity index (χ4v) is 5.43. The van der Waals surface area contributed by atoms with E-state index < -0.39 is 0 Å². The van der Waals surface area contributed by atoms with E-state index in [0.717, 1.165) is 48.3 Å². The highest BCUT2D eigenvalue weighted by Gasteiger charge is 2.34. The number of hydrogen-bond acceptors (Lipinski definition) is 10. The molecule has 4 aromatic rings. The van der Waals surface area contributed by atoms with Gasteiger partial charge in [0.2, 0.25) is 5.88 Å². The summed E-state index contributed by atoms with van der Waals surface area (Å²) in [6.45, 7) is 4.93. The number of methoxy groups -OCH3 is 1. The van der Waals surface area contributed by atoms with Crippen molar-refractivity contribution >= 4 is 29.3 Å². The van der Waals surface area contributed by atoms with E-state index in [-0.39, 0.29) is 10.4 Å². The van der Waals surface area contributed by atoms with Gasteiger partial charge >= 0.3 is 0 Å². The van der Waals surface area contributed by atoms with Gasteiger partial charge in [-0.3, -0.25) is 9.58 Å². The highest BCUT2D eigenvalue weighted by Crippen LogP contribution is 2.36. The summed E-state index contributed by atoms with van der Waals surface area (Å²) in [5, 5.41) is 22.1. The molecule has 5 rings (SSSR count). The topological polar surface area (TPSA) is 136 Å². The van der Waals surface area contributed by atoms with Crippen LogP contribution in [0.3, 0.4) is 0 Å². The number of aromatic nitrogens is 6. The third-order valence-electron chi connectivity index (χ3n) is 6.54. The van der Waals surface area contributed by atoms with Crippen molar-refractivity contribution in [2.24, 2.45) is 17.2 Å². The molecule has 1 saturated heterocycles. The molecule has 0 aromatic carbocycles. The number of nitrogens with two attached hydrogens (primary N) is 1. The second-order valence-electron chi connectivity index (χ2n) is 9.46. The number of nitriles is 1. The van der Waals surface area contributed by atoms with E-state index in [4.69, 9.17) is 14.9 Å². The molecular formula is C26H28N10OS. The van der Waals surface area contributed by atoms with E-state index >= 15 is 0 Å². The van der Waals surface area contributed by atoms with Crippen LogP contribution in [-0.4, -0.2) is 65.7 Å². The minimum atomic E-state index is -0.0427. The molecule has 1 aliphatic rings. The zero-order valence-electron chi connectivity index (χ0n) is 21.4. The van der Waals surface area contributed by atoms with Gasteiger partial charge in [0.1, 0.15) is 11.6 Å². The summed E-state index contributed by atoms with van der Waals surface area (Å²) < 4.78 is 13.2. The lowest BCUT2D eigenvalue weighted by Gasteiger charge is -2.21. The molecule has 0 spiro atoms. The van der Waals surface area contributed by atoms with Crippen molar-refractivity contribution in [2.75, 3.05) is 20.2 Å². The fraction of sp³-hybridized carbons (Fsp3) is 0.308. The van der Waals surface area contributed by atoms with Gasteiger partial charge in [-0.1, -0.05) is 11.3 Å². The van der Waals surface area contributed by atoms with Crippen LogP contribution in [-0.2, 0) is 13.6 Å². The fourth-order valence-electron chi connectivity index (χ4n) is 4.58. The van der Waals surface area contributed by atoms with E-state index in [0.29, 0.717) is 17.0 Å². The van der Waals surface area contributed by atoms with Gasteiger partial charge in [-0.2, -0.15) is 10.4 Å². The van der Waals surface area contributed by atoms with Crippen molar-refractivity contribution in [3.05, 3.63) is 66.0 Å². The quantitative estimate of drug-likeness (QED) is 0.270. The van der Waals surface area contributed by atoms with Gasteiger partial charge in [-0.25, -0.2) is 13.9 Å². The van der Waals surface area contributed by atoms with E-state index in [1.165, 1.54) is 6.20 Å². The molecule has 194 valence electrons. The molecular weight excluding hydrogens is 500 g/mol. The number of aryl methyl sites for hydroxylation is 1. The molecule has 1 atom stereocenters. The van der Waals surface area contributed by atoms with E-state index in [9.17, 15) is 5.26 Å². The van der Waals surface area contributed by atoms with Crippen LogP contribution in [0, 0.1) is 11.3 Å². The number of nitrogens with zero attached hydrogens (tertiary/aromatic N) is 9. The maximum atomic E-state index is 9.62. The zero-order valence-corrected chi connectivity index (χ0v) is 22.3. The normalized spacial score (nSPS) is 18.4. The molecule has 0 radical (unpaired) electrons. The molecule has 0 bridgehead atoms. The second kappa shape index (κ2) is 10.6. The molecule has 1 unspecified atom stereocenters. The van der Waals surface area contributed by atoms with Crippen LogP contribution in [0.25, 0.3) is 22.2 Å². The van der Waals surface area contributed by atoms with Crippen LogP contribution in [0.5, 0.6) is 5.88 Å². The third kappa shape index (κ3) is 5.25. The van der Waals surface area contributed by atoms with Crippen molar-refractivity contribution in [3.8, 4) is 23.1 Å². The van der Waals surface area contributed by atoms with E-state index in [1.807, 2.05) is 43.8 Å². The van der Waals surface area contributed by atoms with Crippen molar-refractivity contribution in [1.29, 1.82) is 5.26 Å². The van der Waals surface area contributed by atoms with Gasteiger partial charge in [0, 0.05) is 84.2 Å². The Morgan fingerprint density at radius 3 is 2.87 bits per heavy atom. The second-order valence-corrected chi connectivity index (χ2v) is 10.8. The first kappa shape index (κ1) is 25.4. The first-order chi connectivity index (χ1) is 18.4. The highest BCUT2D eigenvalue weighted by molar-refractivity contribution is 7.99. The Morgan fingerprint density at radius 2 is 2.18 bits per heavy atom. The van der Waals surface area contributed by atoms with Crippen LogP contribution < -0.4 is 10.5 Å². The number of likely N-dealkylation sites (tertiary alicyclic amines) is 1. The number of pyridine rings is 2. The Balaban J connectivity index is 1.34. The molecule has 1 fully saturated rings. The minimum absolute atomic E-state index is 0.0427. The Labute approximate surface area is 224 Å². The SMILES string of the molecule is COc1ccc(CN2CCC(C)(SN=CC(=CN)c3cc(-c4cnn(C)c4)cn4nnc(C#N)c34)C2)cn1. The lowest BCUT2D eigenvalue weighted by Crippen LogP contribution is -2.26. The summed E-state index contributed by atoms with van der Waals surface area (Å²) in [6, 6.07) is 8.03.